The van der Waals surface area contributed by atoms with Crippen molar-refractivity contribution < 1.29 is 27.5 Å². The molecule has 0 unspecified atom stereocenters. The summed E-state index contributed by atoms with van der Waals surface area (Å²) in [5, 5.41) is 20.7. The number of carbonyl (C=O) groups is 2. The zero-order valence-corrected chi connectivity index (χ0v) is 23.7. The molecule has 3 heterocycles. The van der Waals surface area contributed by atoms with Crippen LogP contribution in [0.25, 0.3) is 22.5 Å². The number of amides is 1. The van der Waals surface area contributed by atoms with Gasteiger partial charge in [-0.1, -0.05) is 6.07 Å². The van der Waals surface area contributed by atoms with Crippen LogP contribution in [-0.4, -0.2) is 43.8 Å². The van der Waals surface area contributed by atoms with Crippen molar-refractivity contribution in [1.29, 1.82) is 5.26 Å². The second kappa shape index (κ2) is 10.9. The minimum atomic E-state index is -4.65. The predicted octanol–water partition coefficient (Wildman–Crippen LogP) is 5.35. The van der Waals surface area contributed by atoms with Gasteiger partial charge in [0.25, 0.3) is 5.91 Å². The van der Waals surface area contributed by atoms with Gasteiger partial charge in [0.05, 0.1) is 23.7 Å². The summed E-state index contributed by atoms with van der Waals surface area (Å²) in [5.41, 5.74) is 0.0774. The number of benzene rings is 2. The fraction of sp³-hybridized carbons (Fsp3) is 0.267. The third-order valence-electron chi connectivity index (χ3n) is 6.61. The van der Waals surface area contributed by atoms with Gasteiger partial charge >= 0.3 is 12.1 Å². The first-order chi connectivity index (χ1) is 20.2. The largest absolute Gasteiger partial charge is 0.459 e. The Kier molecular flexibility index (Phi) is 7.39. The first-order valence-corrected chi connectivity index (χ1v) is 13.1. The highest BCUT2D eigenvalue weighted by Crippen LogP contribution is 2.40. The van der Waals surface area contributed by atoms with E-state index in [1.165, 1.54) is 18.5 Å². The number of rotatable bonds is 6. The highest BCUT2D eigenvalue weighted by molar-refractivity contribution is 6.10. The summed E-state index contributed by atoms with van der Waals surface area (Å²) in [5.74, 6) is -0.523. The number of aromatic nitrogens is 4. The summed E-state index contributed by atoms with van der Waals surface area (Å²) in [6, 6.07) is 13.7. The summed E-state index contributed by atoms with van der Waals surface area (Å²) in [6.45, 7) is 4.55. The second-order valence-corrected chi connectivity index (χ2v) is 10.9. The zero-order valence-electron chi connectivity index (χ0n) is 23.7. The third kappa shape index (κ3) is 6.04. The Labute approximate surface area is 244 Å². The molecule has 1 N–H and O–H groups in total. The molecule has 1 aliphatic heterocycles. The van der Waals surface area contributed by atoms with Gasteiger partial charge in [0.15, 0.2) is 5.82 Å². The van der Waals surface area contributed by atoms with Gasteiger partial charge in [-0.3, -0.25) is 14.5 Å². The molecule has 2 aromatic carbocycles. The van der Waals surface area contributed by atoms with Crippen LogP contribution in [0.5, 0.6) is 0 Å². The van der Waals surface area contributed by atoms with Crippen LogP contribution >= 0.6 is 0 Å². The van der Waals surface area contributed by atoms with Crippen LogP contribution in [0.3, 0.4) is 0 Å². The number of alkyl halides is 3. The Hall–Kier alpha value is -5.25. The maximum absolute atomic E-state index is 13.8. The average Bonchev–Trinajstić information content (AvgIpc) is 3.52. The van der Waals surface area contributed by atoms with Crippen molar-refractivity contribution in [2.75, 3.05) is 16.8 Å². The van der Waals surface area contributed by atoms with Crippen molar-refractivity contribution in [3.8, 4) is 28.6 Å². The smallest absolute Gasteiger partial charge is 0.416 e. The minimum Gasteiger partial charge on any atom is -0.459 e. The molecule has 0 bridgehead atoms. The van der Waals surface area contributed by atoms with E-state index in [-0.39, 0.29) is 35.9 Å². The maximum atomic E-state index is 13.8. The Morgan fingerprint density at radius 2 is 1.86 bits per heavy atom. The first kappa shape index (κ1) is 29.2. The number of nitrogens with zero attached hydrogens (tertiary/aromatic N) is 6. The number of fused-ring (bicyclic) bond motifs is 1. The number of carbonyl (C=O) groups excluding carboxylic acids is 2. The van der Waals surface area contributed by atoms with Crippen LogP contribution in [0.15, 0.2) is 54.9 Å². The number of hydrogen-bond acceptors (Lipinski definition) is 8. The molecule has 4 aromatic rings. The molecule has 10 nitrogen and oxygen atoms in total. The molecule has 1 amide bonds. The lowest BCUT2D eigenvalue weighted by molar-refractivity contribution is -0.152. The van der Waals surface area contributed by atoms with Crippen molar-refractivity contribution in [1.82, 2.24) is 19.7 Å². The van der Waals surface area contributed by atoms with E-state index in [1.807, 2.05) is 0 Å². The first-order valence-electron chi connectivity index (χ1n) is 13.1. The fourth-order valence-electron chi connectivity index (χ4n) is 4.80. The standard InChI is InChI=1S/C30H26F3N7O3/c1-29(2,3)43-26(41)14-35-24-11-18(21-10-17(13-34)8-9-19(21)27-38-36-16-39(27)4)12-25(37-24)40-15-22-20(28(40)42)6-5-7-23(22)30(31,32)33/h5-12,16H,14-15H2,1-4H3,(H,35,37). The maximum Gasteiger partial charge on any atom is 0.416 e. The number of halogens is 3. The number of hydrogen-bond donors (Lipinski definition) is 1. The molecule has 0 spiro atoms. The highest BCUT2D eigenvalue weighted by Gasteiger charge is 2.40. The molecule has 0 saturated heterocycles. The van der Waals surface area contributed by atoms with Gasteiger partial charge in [-0.25, -0.2) is 4.98 Å². The minimum absolute atomic E-state index is 0.0461. The Morgan fingerprint density at radius 3 is 2.51 bits per heavy atom. The molecule has 2 aromatic heterocycles. The van der Waals surface area contributed by atoms with Gasteiger partial charge in [0.1, 0.15) is 30.1 Å². The lowest BCUT2D eigenvalue weighted by atomic mass is 9.97. The molecule has 0 aliphatic carbocycles. The van der Waals surface area contributed by atoms with Gasteiger partial charge in [0, 0.05) is 18.2 Å². The third-order valence-corrected chi connectivity index (χ3v) is 6.61. The summed E-state index contributed by atoms with van der Waals surface area (Å²) in [7, 11) is 1.75. The molecular weight excluding hydrogens is 563 g/mol. The number of anilines is 2. The van der Waals surface area contributed by atoms with Crippen LogP contribution < -0.4 is 10.2 Å². The number of ether oxygens (including phenoxy) is 1. The lowest BCUT2D eigenvalue weighted by Gasteiger charge is -2.21. The Balaban J connectivity index is 1.63. The van der Waals surface area contributed by atoms with Gasteiger partial charge < -0.3 is 14.6 Å². The fourth-order valence-corrected chi connectivity index (χ4v) is 4.80. The molecule has 13 heteroatoms. The predicted molar refractivity (Wildman–Crippen MR) is 151 cm³/mol. The van der Waals surface area contributed by atoms with Crippen LogP contribution in [0.1, 0.15) is 47.8 Å². The molecule has 0 atom stereocenters. The monoisotopic (exact) mass is 589 g/mol. The van der Waals surface area contributed by atoms with Gasteiger partial charge in [-0.2, -0.15) is 18.4 Å². The molecule has 0 radical (unpaired) electrons. The van der Waals surface area contributed by atoms with Crippen LogP contribution in [0, 0.1) is 11.3 Å². The van der Waals surface area contributed by atoms with E-state index >= 15 is 0 Å². The molecule has 1 aliphatic rings. The van der Waals surface area contributed by atoms with E-state index in [0.717, 1.165) is 11.0 Å². The van der Waals surface area contributed by atoms with Crippen molar-refractivity contribution in [3.63, 3.8) is 0 Å². The quantitative estimate of drug-likeness (QED) is 0.299. The van der Waals surface area contributed by atoms with Crippen LogP contribution in [0.4, 0.5) is 24.8 Å². The van der Waals surface area contributed by atoms with Crippen molar-refractivity contribution in [2.24, 2.45) is 7.05 Å². The molecule has 43 heavy (non-hydrogen) atoms. The highest BCUT2D eigenvalue weighted by atomic mass is 19.4. The molecular formula is C30H26F3N7O3. The normalized spacial score (nSPS) is 13.1. The summed E-state index contributed by atoms with van der Waals surface area (Å²) < 4.78 is 48.4. The van der Waals surface area contributed by atoms with Crippen molar-refractivity contribution in [3.05, 3.63) is 77.1 Å². The van der Waals surface area contributed by atoms with E-state index in [0.29, 0.717) is 28.1 Å². The summed E-state index contributed by atoms with van der Waals surface area (Å²) in [4.78, 5) is 31.5. The topological polar surface area (TPSA) is 126 Å². The van der Waals surface area contributed by atoms with E-state index in [9.17, 15) is 28.0 Å². The Morgan fingerprint density at radius 1 is 1.09 bits per heavy atom. The second-order valence-electron chi connectivity index (χ2n) is 10.9. The lowest BCUT2D eigenvalue weighted by Crippen LogP contribution is -2.28. The SMILES string of the molecule is Cn1cnnc1-c1ccc(C#N)cc1-c1cc(NCC(=O)OC(C)(C)C)nc(N2Cc3c(cccc3C(F)(F)F)C2=O)c1. The van der Waals surface area contributed by atoms with Crippen molar-refractivity contribution >= 4 is 23.5 Å². The zero-order chi connectivity index (χ0) is 31.1. The average molecular weight is 590 g/mol. The number of nitrogens with one attached hydrogen (secondary N) is 1. The summed E-state index contributed by atoms with van der Waals surface area (Å²) >= 11 is 0. The van der Waals surface area contributed by atoms with E-state index < -0.39 is 29.2 Å². The van der Waals surface area contributed by atoms with Crippen LogP contribution in [0.2, 0.25) is 0 Å². The summed E-state index contributed by atoms with van der Waals surface area (Å²) in [6.07, 6.45) is -3.14. The van der Waals surface area contributed by atoms with Gasteiger partial charge in [-0.05, 0) is 79.9 Å². The molecule has 0 fully saturated rings. The van der Waals surface area contributed by atoms with Crippen LogP contribution in [-0.2, 0) is 29.3 Å². The van der Waals surface area contributed by atoms with Gasteiger partial charge in [-0.15, -0.1) is 10.2 Å². The van der Waals surface area contributed by atoms with E-state index in [2.05, 4.69) is 26.6 Å². The van der Waals surface area contributed by atoms with E-state index in [1.54, 1.807) is 62.7 Å². The van der Waals surface area contributed by atoms with Gasteiger partial charge in [0.2, 0.25) is 0 Å². The molecule has 0 saturated carbocycles. The van der Waals surface area contributed by atoms with E-state index in [4.69, 9.17) is 4.74 Å². The Bertz CT molecular complexity index is 1780. The number of esters is 1. The van der Waals surface area contributed by atoms with Crippen molar-refractivity contribution in [2.45, 2.75) is 39.1 Å². The molecule has 220 valence electrons. The number of nitriles is 1. The number of aryl methyl sites for hydroxylation is 1. The molecule has 5 rings (SSSR count). The number of pyridine rings is 1.